The lowest BCUT2D eigenvalue weighted by Crippen LogP contribution is -2.55. The molecule has 24 heavy (non-hydrogen) atoms. The van der Waals surface area contributed by atoms with Crippen LogP contribution in [0.15, 0.2) is 0 Å². The van der Waals surface area contributed by atoms with Gasteiger partial charge >= 0.3 is 5.97 Å². The number of aliphatic carboxylic acids is 1. The first kappa shape index (κ1) is 22.2. The van der Waals surface area contributed by atoms with Crippen LogP contribution >= 0.6 is 12.6 Å². The van der Waals surface area contributed by atoms with E-state index in [0.717, 1.165) is 0 Å². The molecular weight excluding hydrogens is 336 g/mol. The highest BCUT2D eigenvalue weighted by Crippen LogP contribution is 2.05. The molecule has 0 aliphatic carbocycles. The summed E-state index contributed by atoms with van der Waals surface area (Å²) in [6, 6.07) is -3.13. The number of hydrogen-bond donors (Lipinski definition) is 6. The third kappa shape index (κ3) is 8.73. The summed E-state index contributed by atoms with van der Waals surface area (Å²) in [4.78, 5) is 46.1. The molecule has 9 nitrogen and oxygen atoms in total. The lowest BCUT2D eigenvalue weighted by atomic mass is 10.0. The topological polar surface area (TPSA) is 165 Å². The van der Waals surface area contributed by atoms with Crippen LogP contribution in [0.4, 0.5) is 0 Å². The summed E-state index contributed by atoms with van der Waals surface area (Å²) in [5.41, 5.74) is 10.8. The first-order valence-corrected chi connectivity index (χ1v) is 8.20. The number of carboxylic acid groups (broad SMARTS) is 1. The van der Waals surface area contributed by atoms with Gasteiger partial charge in [0.1, 0.15) is 12.1 Å². The van der Waals surface area contributed by atoms with Crippen molar-refractivity contribution in [1.82, 2.24) is 10.6 Å². The summed E-state index contributed by atoms with van der Waals surface area (Å²) >= 11 is 3.85. The van der Waals surface area contributed by atoms with E-state index in [1.54, 1.807) is 0 Å². The lowest BCUT2D eigenvalue weighted by Gasteiger charge is -2.22. The Morgan fingerprint density at radius 1 is 1.08 bits per heavy atom. The second-order valence-corrected chi connectivity index (χ2v) is 6.25. The normalized spacial score (nSPS) is 14.5. The third-order valence-corrected chi connectivity index (χ3v) is 3.54. The lowest BCUT2D eigenvalue weighted by molar-refractivity contribution is -0.141. The number of rotatable bonds is 11. The van der Waals surface area contributed by atoms with E-state index in [9.17, 15) is 19.2 Å². The largest absolute Gasteiger partial charge is 0.480 e. The Labute approximate surface area is 146 Å². The van der Waals surface area contributed by atoms with Crippen molar-refractivity contribution in [1.29, 1.82) is 0 Å². The molecule has 0 radical (unpaired) electrons. The summed E-state index contributed by atoms with van der Waals surface area (Å²) in [6.45, 7) is 3.79. The van der Waals surface area contributed by atoms with Crippen LogP contribution in [0.5, 0.6) is 0 Å². The Kier molecular flexibility index (Phi) is 10.0. The van der Waals surface area contributed by atoms with E-state index >= 15 is 0 Å². The van der Waals surface area contributed by atoms with Crippen molar-refractivity contribution < 1.29 is 24.3 Å². The van der Waals surface area contributed by atoms with Crippen molar-refractivity contribution in [3.63, 3.8) is 0 Å². The first-order valence-electron chi connectivity index (χ1n) is 7.56. The minimum atomic E-state index is -1.25. The van der Waals surface area contributed by atoms with E-state index < -0.39 is 41.8 Å². The Morgan fingerprint density at radius 3 is 2.04 bits per heavy atom. The van der Waals surface area contributed by atoms with E-state index in [-0.39, 0.29) is 24.5 Å². The SMILES string of the molecule is CC(C)C[C@H](N)C(=O)N[C@@H](CCC(N)=O)C(=O)N[C@@H](CS)C(=O)O. The first-order chi connectivity index (χ1) is 11.1. The average Bonchev–Trinajstić information content (AvgIpc) is 2.46. The zero-order valence-electron chi connectivity index (χ0n) is 13.8. The molecule has 138 valence electrons. The molecule has 0 aromatic carbocycles. The van der Waals surface area contributed by atoms with Crippen molar-refractivity contribution in [2.45, 2.75) is 51.2 Å². The molecule has 0 aromatic heterocycles. The standard InChI is InChI=1S/C14H26N4O5S/c1-7(2)5-8(15)12(20)17-9(3-4-11(16)19)13(21)18-10(6-24)14(22)23/h7-10,24H,3-6,15H2,1-2H3,(H2,16,19)(H,17,20)(H,18,21)(H,22,23)/t8-,9-,10-/m0/s1. The zero-order valence-corrected chi connectivity index (χ0v) is 14.7. The second-order valence-electron chi connectivity index (χ2n) is 5.88. The van der Waals surface area contributed by atoms with E-state index in [0.29, 0.717) is 6.42 Å². The molecule has 0 spiro atoms. The Bertz CT molecular complexity index is 472. The fraction of sp³-hybridized carbons (Fsp3) is 0.714. The Balaban J connectivity index is 4.95. The van der Waals surface area contributed by atoms with E-state index in [1.807, 2.05) is 13.8 Å². The van der Waals surface area contributed by atoms with Gasteiger partial charge in [0, 0.05) is 12.2 Å². The fourth-order valence-corrected chi connectivity index (χ4v) is 2.15. The van der Waals surface area contributed by atoms with E-state index in [4.69, 9.17) is 16.6 Å². The number of thiol groups is 1. The molecule has 0 saturated heterocycles. The quantitative estimate of drug-likeness (QED) is 0.248. The molecule has 0 fully saturated rings. The Hall–Kier alpha value is -1.81. The molecule has 0 aliphatic heterocycles. The van der Waals surface area contributed by atoms with Gasteiger partial charge in [-0.05, 0) is 18.8 Å². The summed E-state index contributed by atoms with van der Waals surface area (Å²) in [5, 5.41) is 13.6. The van der Waals surface area contributed by atoms with Crippen molar-refractivity contribution >= 4 is 36.3 Å². The summed E-state index contributed by atoms with van der Waals surface area (Å²) in [6.07, 6.45) is 0.223. The van der Waals surface area contributed by atoms with Crippen molar-refractivity contribution in [2.75, 3.05) is 5.75 Å². The second kappa shape index (κ2) is 10.9. The van der Waals surface area contributed by atoms with Gasteiger partial charge < -0.3 is 27.2 Å². The van der Waals surface area contributed by atoms with Crippen molar-refractivity contribution in [3.8, 4) is 0 Å². The van der Waals surface area contributed by atoms with Crippen LogP contribution in [0.1, 0.15) is 33.1 Å². The number of carboxylic acids is 1. The number of nitrogens with one attached hydrogen (secondary N) is 2. The van der Waals surface area contributed by atoms with Crippen LogP contribution in [-0.2, 0) is 19.2 Å². The minimum Gasteiger partial charge on any atom is -0.480 e. The zero-order chi connectivity index (χ0) is 18.9. The van der Waals surface area contributed by atoms with Crippen molar-refractivity contribution in [2.24, 2.45) is 17.4 Å². The molecule has 0 rings (SSSR count). The third-order valence-electron chi connectivity index (χ3n) is 3.17. The molecule has 0 saturated carbocycles. The van der Waals surface area contributed by atoms with E-state index in [2.05, 4.69) is 23.3 Å². The van der Waals surface area contributed by atoms with Crippen molar-refractivity contribution in [3.05, 3.63) is 0 Å². The highest BCUT2D eigenvalue weighted by atomic mass is 32.1. The maximum Gasteiger partial charge on any atom is 0.327 e. The van der Waals surface area contributed by atoms with Gasteiger partial charge in [-0.2, -0.15) is 12.6 Å². The number of hydrogen-bond acceptors (Lipinski definition) is 6. The maximum atomic E-state index is 12.2. The molecule has 0 aliphatic rings. The highest BCUT2D eigenvalue weighted by molar-refractivity contribution is 7.80. The van der Waals surface area contributed by atoms with Crippen LogP contribution < -0.4 is 22.1 Å². The molecule has 0 aromatic rings. The molecular formula is C14H26N4O5S. The van der Waals surface area contributed by atoms with Gasteiger partial charge in [-0.15, -0.1) is 0 Å². The molecule has 0 unspecified atom stereocenters. The van der Waals surface area contributed by atoms with Gasteiger partial charge in [0.2, 0.25) is 17.7 Å². The number of primary amides is 1. The van der Waals surface area contributed by atoms with Crippen LogP contribution in [-0.4, -0.2) is 52.7 Å². The molecule has 3 amide bonds. The number of amides is 3. The number of nitrogens with two attached hydrogens (primary N) is 2. The summed E-state index contributed by atoms with van der Waals surface area (Å²) in [7, 11) is 0. The van der Waals surface area contributed by atoms with Gasteiger partial charge in [0.15, 0.2) is 0 Å². The molecule has 0 bridgehead atoms. The number of carbonyl (C=O) groups excluding carboxylic acids is 3. The van der Waals surface area contributed by atoms with Gasteiger partial charge in [-0.25, -0.2) is 4.79 Å². The van der Waals surface area contributed by atoms with E-state index in [1.165, 1.54) is 0 Å². The predicted molar refractivity (Wildman–Crippen MR) is 91.2 cm³/mol. The predicted octanol–water partition coefficient (Wildman–Crippen LogP) is -1.39. The fourth-order valence-electron chi connectivity index (χ4n) is 1.91. The minimum absolute atomic E-state index is 0.0553. The van der Waals surface area contributed by atoms with Gasteiger partial charge in [-0.3, -0.25) is 14.4 Å². The van der Waals surface area contributed by atoms with Gasteiger partial charge in [-0.1, -0.05) is 13.8 Å². The molecule has 0 heterocycles. The van der Waals surface area contributed by atoms with Crippen LogP contribution in [0.25, 0.3) is 0 Å². The monoisotopic (exact) mass is 362 g/mol. The Morgan fingerprint density at radius 2 is 1.62 bits per heavy atom. The van der Waals surface area contributed by atoms with Crippen LogP contribution in [0, 0.1) is 5.92 Å². The summed E-state index contributed by atoms with van der Waals surface area (Å²) < 4.78 is 0. The smallest absolute Gasteiger partial charge is 0.327 e. The van der Waals surface area contributed by atoms with Crippen LogP contribution in [0.2, 0.25) is 0 Å². The highest BCUT2D eigenvalue weighted by Gasteiger charge is 2.27. The van der Waals surface area contributed by atoms with Gasteiger partial charge in [0.05, 0.1) is 6.04 Å². The summed E-state index contributed by atoms with van der Waals surface area (Å²) in [5.74, 6) is -3.12. The van der Waals surface area contributed by atoms with Crippen LogP contribution in [0.3, 0.4) is 0 Å². The average molecular weight is 362 g/mol. The van der Waals surface area contributed by atoms with Gasteiger partial charge in [0.25, 0.3) is 0 Å². The molecule has 7 N–H and O–H groups in total. The number of carbonyl (C=O) groups is 4. The molecule has 3 atom stereocenters. The maximum absolute atomic E-state index is 12.2. The molecule has 10 heteroatoms.